The number of nitrogens with two attached hydrogens (primary N) is 1. The van der Waals surface area contributed by atoms with Gasteiger partial charge in [-0.25, -0.2) is 4.79 Å². The molecule has 4 heteroatoms. The zero-order valence-corrected chi connectivity index (χ0v) is 8.89. The quantitative estimate of drug-likeness (QED) is 0.606. The molecule has 1 aromatic carbocycles. The molecule has 3 nitrogen and oxygen atoms in total. The van der Waals surface area contributed by atoms with E-state index in [-0.39, 0.29) is 0 Å². The zero-order valence-electron chi connectivity index (χ0n) is 8.13. The summed E-state index contributed by atoms with van der Waals surface area (Å²) >= 11 is 5.87. The summed E-state index contributed by atoms with van der Waals surface area (Å²) in [6.45, 7) is 1.95. The second-order valence-electron chi connectivity index (χ2n) is 2.88. The van der Waals surface area contributed by atoms with Crippen LogP contribution in [-0.4, -0.2) is 13.1 Å². The minimum absolute atomic E-state index is 0.393. The molecular weight excluding hydrogens is 202 g/mol. The zero-order chi connectivity index (χ0) is 10.7. The Morgan fingerprint density at radius 1 is 1.57 bits per heavy atom. The summed E-state index contributed by atoms with van der Waals surface area (Å²) in [6, 6.07) is 3.22. The minimum atomic E-state index is -0.401. The molecule has 0 saturated heterocycles. The Morgan fingerprint density at radius 3 is 2.71 bits per heavy atom. The van der Waals surface area contributed by atoms with Crippen LogP contribution in [0.5, 0.6) is 0 Å². The van der Waals surface area contributed by atoms with Crippen LogP contribution in [0.2, 0.25) is 5.02 Å². The summed E-state index contributed by atoms with van der Waals surface area (Å²) in [5, 5.41) is 0.393. The first-order valence-corrected chi connectivity index (χ1v) is 4.64. The maximum atomic E-state index is 11.2. The van der Waals surface area contributed by atoms with Gasteiger partial charge in [0.15, 0.2) is 0 Å². The van der Waals surface area contributed by atoms with Gasteiger partial charge in [0.2, 0.25) is 0 Å². The van der Waals surface area contributed by atoms with Crippen molar-refractivity contribution >= 4 is 23.3 Å². The van der Waals surface area contributed by atoms with E-state index >= 15 is 0 Å². The number of halogens is 1. The summed E-state index contributed by atoms with van der Waals surface area (Å²) in [5.41, 5.74) is 7.54. The highest BCUT2D eigenvalue weighted by molar-refractivity contribution is 6.33. The van der Waals surface area contributed by atoms with Crippen LogP contribution in [0.15, 0.2) is 12.1 Å². The van der Waals surface area contributed by atoms with Crippen molar-refractivity contribution in [1.29, 1.82) is 0 Å². The lowest BCUT2D eigenvalue weighted by atomic mass is 10.1. The largest absolute Gasteiger partial charge is 0.465 e. The van der Waals surface area contributed by atoms with Crippen molar-refractivity contribution in [2.45, 2.75) is 13.3 Å². The number of anilines is 1. The van der Waals surface area contributed by atoms with Crippen molar-refractivity contribution in [2.24, 2.45) is 0 Å². The van der Waals surface area contributed by atoms with E-state index in [1.165, 1.54) is 13.2 Å². The van der Waals surface area contributed by atoms with Gasteiger partial charge < -0.3 is 10.5 Å². The fourth-order valence-electron chi connectivity index (χ4n) is 1.20. The Hall–Kier alpha value is -1.22. The van der Waals surface area contributed by atoms with Gasteiger partial charge in [-0.3, -0.25) is 0 Å². The lowest BCUT2D eigenvalue weighted by Crippen LogP contribution is -2.04. The molecule has 2 N–H and O–H groups in total. The molecule has 1 rings (SSSR count). The Bertz CT molecular complexity index is 363. The van der Waals surface area contributed by atoms with Crippen LogP contribution in [0, 0.1) is 0 Å². The van der Waals surface area contributed by atoms with Crippen LogP contribution in [0.1, 0.15) is 22.8 Å². The van der Waals surface area contributed by atoms with Crippen molar-refractivity contribution in [3.63, 3.8) is 0 Å². The molecule has 0 aliphatic rings. The number of aryl methyl sites for hydroxylation is 1. The van der Waals surface area contributed by atoms with Crippen LogP contribution < -0.4 is 5.73 Å². The van der Waals surface area contributed by atoms with Crippen molar-refractivity contribution < 1.29 is 9.53 Å². The normalized spacial score (nSPS) is 9.93. The van der Waals surface area contributed by atoms with Gasteiger partial charge in [-0.05, 0) is 24.1 Å². The third-order valence-electron chi connectivity index (χ3n) is 2.02. The van der Waals surface area contributed by atoms with Gasteiger partial charge in [0.05, 0.1) is 23.4 Å². The first-order valence-electron chi connectivity index (χ1n) is 4.26. The number of carbonyl (C=O) groups is 1. The van der Waals surface area contributed by atoms with Gasteiger partial charge in [-0.2, -0.15) is 0 Å². The molecule has 0 spiro atoms. The molecule has 0 heterocycles. The van der Waals surface area contributed by atoms with Gasteiger partial charge >= 0.3 is 5.97 Å². The van der Waals surface area contributed by atoms with Crippen LogP contribution >= 0.6 is 11.6 Å². The van der Waals surface area contributed by atoms with E-state index in [2.05, 4.69) is 4.74 Å². The third kappa shape index (κ3) is 1.99. The van der Waals surface area contributed by atoms with Crippen molar-refractivity contribution in [3.8, 4) is 0 Å². The highest BCUT2D eigenvalue weighted by atomic mass is 35.5. The average Bonchev–Trinajstić information content (AvgIpc) is 2.20. The van der Waals surface area contributed by atoms with Gasteiger partial charge in [0.1, 0.15) is 0 Å². The topological polar surface area (TPSA) is 52.3 Å². The molecule has 0 unspecified atom stereocenters. The molecule has 0 aromatic heterocycles. The molecule has 0 aliphatic heterocycles. The standard InChI is InChI=1S/C10H12ClNO2/c1-3-6-4-7(10(13)14-2)5-8(11)9(6)12/h4-5H,3,12H2,1-2H3. The van der Waals surface area contributed by atoms with E-state index in [1.807, 2.05) is 6.92 Å². The van der Waals surface area contributed by atoms with Crippen LogP contribution in [-0.2, 0) is 11.2 Å². The number of carbonyl (C=O) groups excluding carboxylic acids is 1. The number of ether oxygens (including phenoxy) is 1. The van der Waals surface area contributed by atoms with Gasteiger partial charge in [-0.1, -0.05) is 18.5 Å². The summed E-state index contributed by atoms with van der Waals surface area (Å²) in [5.74, 6) is -0.401. The van der Waals surface area contributed by atoms with Gasteiger partial charge in [-0.15, -0.1) is 0 Å². The molecule has 0 amide bonds. The van der Waals surface area contributed by atoms with Crippen LogP contribution in [0.25, 0.3) is 0 Å². The molecule has 0 atom stereocenters. The number of hydrogen-bond donors (Lipinski definition) is 1. The highest BCUT2D eigenvalue weighted by Crippen LogP contribution is 2.25. The molecule has 0 saturated carbocycles. The molecule has 76 valence electrons. The maximum Gasteiger partial charge on any atom is 0.337 e. The molecule has 0 radical (unpaired) electrons. The van der Waals surface area contributed by atoms with E-state index < -0.39 is 5.97 Å². The van der Waals surface area contributed by atoms with E-state index in [4.69, 9.17) is 17.3 Å². The molecule has 0 aliphatic carbocycles. The number of nitrogen functional groups attached to an aromatic ring is 1. The summed E-state index contributed by atoms with van der Waals surface area (Å²) in [7, 11) is 1.33. The predicted molar refractivity (Wildman–Crippen MR) is 56.6 cm³/mol. The van der Waals surface area contributed by atoms with E-state index in [0.29, 0.717) is 16.3 Å². The number of benzene rings is 1. The fourth-order valence-corrected chi connectivity index (χ4v) is 1.44. The molecule has 1 aromatic rings. The Kier molecular flexibility index (Phi) is 3.36. The molecule has 14 heavy (non-hydrogen) atoms. The maximum absolute atomic E-state index is 11.2. The fraction of sp³-hybridized carbons (Fsp3) is 0.300. The second kappa shape index (κ2) is 4.33. The van der Waals surface area contributed by atoms with Gasteiger partial charge in [0, 0.05) is 0 Å². The summed E-state index contributed by atoms with van der Waals surface area (Å²) < 4.78 is 4.59. The number of rotatable bonds is 2. The first-order chi connectivity index (χ1) is 6.60. The van der Waals surface area contributed by atoms with E-state index in [1.54, 1.807) is 6.07 Å². The van der Waals surface area contributed by atoms with Crippen LogP contribution in [0.3, 0.4) is 0 Å². The highest BCUT2D eigenvalue weighted by Gasteiger charge is 2.10. The Balaban J connectivity index is 3.22. The SMILES string of the molecule is CCc1cc(C(=O)OC)cc(Cl)c1N. The molecule has 0 bridgehead atoms. The summed E-state index contributed by atoms with van der Waals surface area (Å²) in [4.78, 5) is 11.2. The molecular formula is C10H12ClNO2. The predicted octanol–water partition coefficient (Wildman–Crippen LogP) is 2.27. The van der Waals surface area contributed by atoms with Crippen LogP contribution in [0.4, 0.5) is 5.69 Å². The van der Waals surface area contributed by atoms with Crippen molar-refractivity contribution in [2.75, 3.05) is 12.8 Å². The van der Waals surface area contributed by atoms with Gasteiger partial charge in [0.25, 0.3) is 0 Å². The average molecular weight is 214 g/mol. The van der Waals surface area contributed by atoms with Crippen molar-refractivity contribution in [3.05, 3.63) is 28.3 Å². The monoisotopic (exact) mass is 213 g/mol. The van der Waals surface area contributed by atoms with E-state index in [9.17, 15) is 4.79 Å². The van der Waals surface area contributed by atoms with Crippen molar-refractivity contribution in [1.82, 2.24) is 0 Å². The second-order valence-corrected chi connectivity index (χ2v) is 3.28. The van der Waals surface area contributed by atoms with E-state index in [0.717, 1.165) is 12.0 Å². The smallest absolute Gasteiger partial charge is 0.337 e. The Labute approximate surface area is 87.8 Å². The third-order valence-corrected chi connectivity index (χ3v) is 2.33. The minimum Gasteiger partial charge on any atom is -0.465 e. The lowest BCUT2D eigenvalue weighted by Gasteiger charge is -2.07. The number of esters is 1. The summed E-state index contributed by atoms with van der Waals surface area (Å²) in [6.07, 6.45) is 0.733. The number of hydrogen-bond acceptors (Lipinski definition) is 3. The molecule has 0 fully saturated rings. The first kappa shape index (κ1) is 10.9. The Morgan fingerprint density at radius 2 is 2.21 bits per heavy atom. The number of methoxy groups -OCH3 is 1. The lowest BCUT2D eigenvalue weighted by molar-refractivity contribution is 0.0600.